The Bertz CT molecular complexity index is 1030. The molecule has 0 saturated carbocycles. The van der Waals surface area contributed by atoms with Crippen LogP contribution >= 0.6 is 17.0 Å². The third kappa shape index (κ3) is 4.78. The van der Waals surface area contributed by atoms with Crippen LogP contribution in [0.15, 0.2) is 72.8 Å². The molecule has 27 heavy (non-hydrogen) atoms. The predicted octanol–water partition coefficient (Wildman–Crippen LogP) is 8.19. The first-order valence-electron chi connectivity index (χ1n) is 8.84. The van der Waals surface area contributed by atoms with Crippen molar-refractivity contribution in [3.63, 3.8) is 0 Å². The van der Waals surface area contributed by atoms with Crippen molar-refractivity contribution in [1.82, 2.24) is 0 Å². The van der Waals surface area contributed by atoms with Gasteiger partial charge in [-0.3, -0.25) is 0 Å². The van der Waals surface area contributed by atoms with Crippen molar-refractivity contribution in [3.8, 4) is 22.3 Å². The van der Waals surface area contributed by atoms with Gasteiger partial charge in [-0.15, -0.1) is 28.5 Å². The van der Waals surface area contributed by atoms with Crippen LogP contribution in [0.2, 0.25) is 0 Å². The molecule has 0 fully saturated rings. The SMILES string of the molecule is Cc1cc(C)cc(-c2c(-c3ccccc3)ccc3[cH-]c(C)cc23)c1.[Cl][Zr][Cl]. The summed E-state index contributed by atoms with van der Waals surface area (Å²) < 4.78 is 0. The summed E-state index contributed by atoms with van der Waals surface area (Å²) in [4.78, 5) is 0. The van der Waals surface area contributed by atoms with Crippen LogP contribution in [-0.4, -0.2) is 0 Å². The summed E-state index contributed by atoms with van der Waals surface area (Å²) in [6, 6.07) is 26.6. The van der Waals surface area contributed by atoms with Crippen LogP contribution < -0.4 is 0 Å². The Labute approximate surface area is 180 Å². The Morgan fingerprint density at radius 3 is 2.00 bits per heavy atom. The standard InChI is InChI=1S/C24H21.2ClH.Zr/c1-16-11-17(2)14-21(13-16)24-22(19-7-5-4-6-8-19)10-9-20-12-18(3)15-23(20)24;;;/h4-15H,1-3H3;2*1H;/q-1;;;+2/p-2. The number of aryl methyl sites for hydroxylation is 3. The number of benzene rings is 3. The number of rotatable bonds is 2. The van der Waals surface area contributed by atoms with Gasteiger partial charge in [0, 0.05) is 0 Å². The van der Waals surface area contributed by atoms with Crippen LogP contribution in [0.25, 0.3) is 33.0 Å². The molecule has 0 aliphatic heterocycles. The molecule has 0 N–H and O–H groups in total. The van der Waals surface area contributed by atoms with Gasteiger partial charge in [0.05, 0.1) is 0 Å². The van der Waals surface area contributed by atoms with Crippen molar-refractivity contribution in [1.29, 1.82) is 0 Å². The zero-order valence-corrected chi connectivity index (χ0v) is 19.7. The van der Waals surface area contributed by atoms with Gasteiger partial charge in [0.15, 0.2) is 0 Å². The van der Waals surface area contributed by atoms with Crippen LogP contribution in [0, 0.1) is 20.8 Å². The molecule has 136 valence electrons. The van der Waals surface area contributed by atoms with Crippen molar-refractivity contribution in [2.45, 2.75) is 20.8 Å². The molecular weight excluding hydrogens is 450 g/mol. The molecule has 0 nitrogen and oxygen atoms in total. The van der Waals surface area contributed by atoms with Crippen LogP contribution in [0.1, 0.15) is 16.7 Å². The maximum absolute atomic E-state index is 4.93. The van der Waals surface area contributed by atoms with Crippen molar-refractivity contribution >= 4 is 27.8 Å². The zero-order chi connectivity index (χ0) is 19.4. The van der Waals surface area contributed by atoms with Crippen molar-refractivity contribution in [2.24, 2.45) is 0 Å². The summed E-state index contributed by atoms with van der Waals surface area (Å²) in [5, 5.41) is 2.67. The second kappa shape index (κ2) is 9.29. The van der Waals surface area contributed by atoms with E-state index in [4.69, 9.17) is 17.0 Å². The van der Waals surface area contributed by atoms with Gasteiger partial charge in [-0.25, -0.2) is 0 Å². The van der Waals surface area contributed by atoms with Gasteiger partial charge in [-0.05, 0) is 30.5 Å². The third-order valence-corrected chi connectivity index (χ3v) is 4.63. The molecule has 0 spiro atoms. The first kappa shape index (κ1) is 20.5. The van der Waals surface area contributed by atoms with Gasteiger partial charge in [0.1, 0.15) is 0 Å². The van der Waals surface area contributed by atoms with E-state index < -0.39 is 20.8 Å². The summed E-state index contributed by atoms with van der Waals surface area (Å²) >= 11 is -0.826. The summed E-state index contributed by atoms with van der Waals surface area (Å²) in [6.45, 7) is 6.53. The quantitative estimate of drug-likeness (QED) is 0.259. The zero-order valence-electron chi connectivity index (χ0n) is 15.7. The molecule has 0 saturated heterocycles. The van der Waals surface area contributed by atoms with Gasteiger partial charge in [-0.1, -0.05) is 78.2 Å². The van der Waals surface area contributed by atoms with E-state index in [1.807, 2.05) is 0 Å². The van der Waals surface area contributed by atoms with Gasteiger partial charge in [-0.2, -0.15) is 6.07 Å². The molecule has 0 bridgehead atoms. The Kier molecular flexibility index (Phi) is 7.04. The van der Waals surface area contributed by atoms with E-state index in [1.54, 1.807) is 0 Å². The minimum atomic E-state index is -0.826. The van der Waals surface area contributed by atoms with Crippen molar-refractivity contribution < 1.29 is 20.8 Å². The second-order valence-electron chi connectivity index (χ2n) is 6.84. The molecule has 0 aliphatic carbocycles. The van der Waals surface area contributed by atoms with Crippen molar-refractivity contribution in [2.75, 3.05) is 0 Å². The Balaban J connectivity index is 0.000000659. The summed E-state index contributed by atoms with van der Waals surface area (Å²) in [5.74, 6) is 0. The van der Waals surface area contributed by atoms with E-state index in [2.05, 4.69) is 93.6 Å². The summed E-state index contributed by atoms with van der Waals surface area (Å²) in [7, 11) is 9.87. The molecule has 4 aromatic rings. The molecular formula is C24H21Cl2Zr-. The Hall–Kier alpha value is -1.27. The normalized spacial score (nSPS) is 10.4. The summed E-state index contributed by atoms with van der Waals surface area (Å²) in [5.41, 5.74) is 9.17. The number of halogens is 2. The molecule has 0 heterocycles. The van der Waals surface area contributed by atoms with Crippen molar-refractivity contribution in [3.05, 3.63) is 89.5 Å². The van der Waals surface area contributed by atoms with Gasteiger partial charge in [0.2, 0.25) is 0 Å². The Morgan fingerprint density at radius 1 is 0.741 bits per heavy atom. The van der Waals surface area contributed by atoms with E-state index >= 15 is 0 Å². The first-order chi connectivity index (χ1) is 13.0. The summed E-state index contributed by atoms with van der Waals surface area (Å²) in [6.07, 6.45) is 0. The Morgan fingerprint density at radius 2 is 1.37 bits per heavy atom. The maximum atomic E-state index is 4.93. The number of hydrogen-bond donors (Lipinski definition) is 0. The molecule has 0 radical (unpaired) electrons. The van der Waals surface area contributed by atoms with E-state index in [-0.39, 0.29) is 0 Å². The first-order valence-corrected chi connectivity index (χ1v) is 15.2. The molecule has 0 unspecified atom stereocenters. The van der Waals surface area contributed by atoms with E-state index in [0.29, 0.717) is 0 Å². The fourth-order valence-corrected chi connectivity index (χ4v) is 3.72. The average Bonchev–Trinajstić information content (AvgIpc) is 3.01. The predicted molar refractivity (Wildman–Crippen MR) is 116 cm³/mol. The van der Waals surface area contributed by atoms with E-state index in [9.17, 15) is 0 Å². The monoisotopic (exact) mass is 469 g/mol. The molecule has 4 aromatic carbocycles. The molecule has 4 rings (SSSR count). The van der Waals surface area contributed by atoms with Gasteiger partial charge in [0.25, 0.3) is 0 Å². The van der Waals surface area contributed by atoms with Crippen LogP contribution in [0.3, 0.4) is 0 Å². The van der Waals surface area contributed by atoms with Crippen LogP contribution in [0.5, 0.6) is 0 Å². The van der Waals surface area contributed by atoms with Crippen LogP contribution in [0.4, 0.5) is 0 Å². The fourth-order valence-electron chi connectivity index (χ4n) is 3.72. The molecule has 0 atom stereocenters. The number of fused-ring (bicyclic) bond motifs is 1. The second-order valence-corrected chi connectivity index (χ2v) is 10.6. The number of hydrogen-bond acceptors (Lipinski definition) is 0. The van der Waals surface area contributed by atoms with E-state index in [1.165, 1.54) is 49.7 Å². The third-order valence-electron chi connectivity index (χ3n) is 4.63. The minimum absolute atomic E-state index is 0.826. The molecule has 3 heteroatoms. The van der Waals surface area contributed by atoms with E-state index in [0.717, 1.165) is 0 Å². The molecule has 0 aromatic heterocycles. The fraction of sp³-hybridized carbons (Fsp3) is 0.125. The van der Waals surface area contributed by atoms with Gasteiger partial charge >= 0.3 is 37.9 Å². The molecule has 0 aliphatic rings. The molecule has 0 amide bonds. The van der Waals surface area contributed by atoms with Gasteiger partial charge < -0.3 is 0 Å². The average molecular weight is 472 g/mol. The topological polar surface area (TPSA) is 0 Å². The van der Waals surface area contributed by atoms with Crippen LogP contribution in [-0.2, 0) is 20.8 Å².